The quantitative estimate of drug-likeness (QED) is 0.768. The van der Waals surface area contributed by atoms with Crippen LogP contribution in [0.15, 0.2) is 12.4 Å². The molecule has 0 aromatic carbocycles. The summed E-state index contributed by atoms with van der Waals surface area (Å²) in [6.07, 6.45) is 4.48. The van der Waals surface area contributed by atoms with Gasteiger partial charge in [-0.2, -0.15) is 5.10 Å². The first-order chi connectivity index (χ1) is 7.99. The average molecular weight is 239 g/mol. The predicted molar refractivity (Wildman–Crippen MR) is 61.6 cm³/mol. The highest BCUT2D eigenvalue weighted by atomic mass is 16.4. The fourth-order valence-corrected chi connectivity index (χ4v) is 1.48. The van der Waals surface area contributed by atoms with Crippen LogP contribution >= 0.6 is 0 Å². The lowest BCUT2D eigenvalue weighted by atomic mass is 10.1. The number of carbonyl (C=O) groups is 2. The first kappa shape index (κ1) is 13.2. The molecule has 2 N–H and O–H groups in total. The molecule has 94 valence electrons. The Morgan fingerprint density at radius 3 is 2.82 bits per heavy atom. The fourth-order valence-electron chi connectivity index (χ4n) is 1.48. The number of aliphatic carboxylic acids is 1. The third-order valence-corrected chi connectivity index (χ3v) is 2.37. The van der Waals surface area contributed by atoms with Crippen LogP contribution in [0.4, 0.5) is 0 Å². The average Bonchev–Trinajstić information content (AvgIpc) is 2.64. The number of carbonyl (C=O) groups excluding carboxylic acids is 1. The molecule has 1 aromatic rings. The monoisotopic (exact) mass is 239 g/mol. The molecule has 1 heterocycles. The summed E-state index contributed by atoms with van der Waals surface area (Å²) in [6, 6.07) is -0.0398. The number of nitrogens with one attached hydrogen (secondary N) is 1. The maximum atomic E-state index is 11.7. The van der Waals surface area contributed by atoms with Gasteiger partial charge in [0.2, 0.25) is 0 Å². The zero-order valence-electron chi connectivity index (χ0n) is 10.0. The highest BCUT2D eigenvalue weighted by molar-refractivity contribution is 5.93. The lowest BCUT2D eigenvalue weighted by molar-refractivity contribution is -0.137. The SMILES string of the molecule is CC(CCCC(=O)O)NC(=O)c1cnn(C)c1. The molecule has 1 amide bonds. The van der Waals surface area contributed by atoms with E-state index in [9.17, 15) is 9.59 Å². The van der Waals surface area contributed by atoms with Crippen molar-refractivity contribution in [2.24, 2.45) is 7.05 Å². The standard InChI is InChI=1S/C11H17N3O3/c1-8(4-3-5-10(15)16)13-11(17)9-6-12-14(2)7-9/h6-8H,3-5H2,1-2H3,(H,13,17)(H,15,16). The van der Waals surface area contributed by atoms with E-state index in [0.29, 0.717) is 18.4 Å². The first-order valence-electron chi connectivity index (χ1n) is 5.50. The second-order valence-corrected chi connectivity index (χ2v) is 4.06. The molecular formula is C11H17N3O3. The summed E-state index contributed by atoms with van der Waals surface area (Å²) in [5.41, 5.74) is 0.512. The van der Waals surface area contributed by atoms with Crippen molar-refractivity contribution < 1.29 is 14.7 Å². The van der Waals surface area contributed by atoms with Crippen LogP contribution < -0.4 is 5.32 Å². The molecule has 0 aliphatic carbocycles. The number of rotatable bonds is 6. The molecule has 1 atom stereocenters. The Hall–Kier alpha value is -1.85. The van der Waals surface area contributed by atoms with Crippen LogP contribution in [0.1, 0.15) is 36.5 Å². The normalized spacial score (nSPS) is 12.1. The maximum Gasteiger partial charge on any atom is 0.303 e. The van der Waals surface area contributed by atoms with Crippen LogP contribution in [0.5, 0.6) is 0 Å². The van der Waals surface area contributed by atoms with Gasteiger partial charge in [-0.3, -0.25) is 14.3 Å². The summed E-state index contributed by atoms with van der Waals surface area (Å²) < 4.78 is 1.56. The third kappa shape index (κ3) is 4.67. The molecule has 0 fully saturated rings. The minimum atomic E-state index is -0.809. The summed E-state index contributed by atoms with van der Waals surface area (Å²) in [5.74, 6) is -0.989. The highest BCUT2D eigenvalue weighted by Gasteiger charge is 2.11. The highest BCUT2D eigenvalue weighted by Crippen LogP contribution is 2.03. The van der Waals surface area contributed by atoms with Crippen LogP contribution in [-0.4, -0.2) is 32.8 Å². The first-order valence-corrected chi connectivity index (χ1v) is 5.50. The number of nitrogens with zero attached hydrogens (tertiary/aromatic N) is 2. The molecule has 0 aliphatic rings. The second-order valence-electron chi connectivity index (χ2n) is 4.06. The molecule has 0 bridgehead atoms. The summed E-state index contributed by atoms with van der Waals surface area (Å²) >= 11 is 0. The Bertz CT molecular complexity index is 400. The summed E-state index contributed by atoms with van der Waals surface area (Å²) in [7, 11) is 1.74. The van der Waals surface area contributed by atoms with Gasteiger partial charge < -0.3 is 10.4 Å². The van der Waals surface area contributed by atoms with Gasteiger partial charge in [-0.15, -0.1) is 0 Å². The Balaban J connectivity index is 2.33. The minimum absolute atomic E-state index is 0.0398. The summed E-state index contributed by atoms with van der Waals surface area (Å²) in [5, 5.41) is 15.2. The second kappa shape index (κ2) is 6.03. The minimum Gasteiger partial charge on any atom is -0.481 e. The van der Waals surface area contributed by atoms with E-state index in [-0.39, 0.29) is 18.4 Å². The van der Waals surface area contributed by atoms with Crippen molar-refractivity contribution in [1.82, 2.24) is 15.1 Å². The van der Waals surface area contributed by atoms with Crippen LogP contribution in [0, 0.1) is 0 Å². The largest absolute Gasteiger partial charge is 0.481 e. The van der Waals surface area contributed by atoms with Gasteiger partial charge in [0.05, 0.1) is 11.8 Å². The van der Waals surface area contributed by atoms with E-state index in [1.54, 1.807) is 17.9 Å². The summed E-state index contributed by atoms with van der Waals surface area (Å²) in [4.78, 5) is 22.0. The van der Waals surface area contributed by atoms with Crippen molar-refractivity contribution in [2.75, 3.05) is 0 Å². The van der Waals surface area contributed by atoms with Crippen LogP contribution in [0.2, 0.25) is 0 Å². The molecule has 0 aliphatic heterocycles. The van der Waals surface area contributed by atoms with E-state index < -0.39 is 5.97 Å². The number of carboxylic acids is 1. The fraction of sp³-hybridized carbons (Fsp3) is 0.545. The molecule has 6 heteroatoms. The molecular weight excluding hydrogens is 222 g/mol. The van der Waals surface area contributed by atoms with Crippen LogP contribution in [-0.2, 0) is 11.8 Å². The number of aromatic nitrogens is 2. The van der Waals surface area contributed by atoms with Gasteiger partial charge in [-0.05, 0) is 19.8 Å². The number of carboxylic acid groups (broad SMARTS) is 1. The molecule has 1 rings (SSSR count). The van der Waals surface area contributed by atoms with Crippen LogP contribution in [0.3, 0.4) is 0 Å². The number of hydrogen-bond acceptors (Lipinski definition) is 3. The number of amides is 1. The van der Waals surface area contributed by atoms with Crippen molar-refractivity contribution in [2.45, 2.75) is 32.2 Å². The topological polar surface area (TPSA) is 84.2 Å². The third-order valence-electron chi connectivity index (χ3n) is 2.37. The molecule has 1 aromatic heterocycles. The Labute approximate surface area is 99.6 Å². The molecule has 6 nitrogen and oxygen atoms in total. The molecule has 1 unspecified atom stereocenters. The zero-order chi connectivity index (χ0) is 12.8. The molecule has 0 saturated carbocycles. The van der Waals surface area contributed by atoms with Gasteiger partial charge in [0.1, 0.15) is 0 Å². The van der Waals surface area contributed by atoms with Gasteiger partial charge in [0.25, 0.3) is 5.91 Å². The summed E-state index contributed by atoms with van der Waals surface area (Å²) in [6.45, 7) is 1.86. The molecule has 0 radical (unpaired) electrons. The Morgan fingerprint density at radius 1 is 1.59 bits per heavy atom. The zero-order valence-corrected chi connectivity index (χ0v) is 10.0. The predicted octanol–water partition coefficient (Wildman–Crippen LogP) is 0.793. The van der Waals surface area contributed by atoms with Gasteiger partial charge in [0.15, 0.2) is 0 Å². The van der Waals surface area contributed by atoms with E-state index in [0.717, 1.165) is 0 Å². The van der Waals surface area contributed by atoms with E-state index in [4.69, 9.17) is 5.11 Å². The Morgan fingerprint density at radius 2 is 2.29 bits per heavy atom. The van der Waals surface area contributed by atoms with E-state index in [1.807, 2.05) is 6.92 Å². The maximum absolute atomic E-state index is 11.7. The van der Waals surface area contributed by atoms with E-state index in [2.05, 4.69) is 10.4 Å². The van der Waals surface area contributed by atoms with Gasteiger partial charge in [0, 0.05) is 25.7 Å². The van der Waals surface area contributed by atoms with Crippen molar-refractivity contribution in [3.63, 3.8) is 0 Å². The number of aryl methyl sites for hydroxylation is 1. The lowest BCUT2D eigenvalue weighted by Crippen LogP contribution is -2.32. The van der Waals surface area contributed by atoms with Crippen molar-refractivity contribution in [1.29, 1.82) is 0 Å². The smallest absolute Gasteiger partial charge is 0.303 e. The van der Waals surface area contributed by atoms with Gasteiger partial charge in [-0.1, -0.05) is 0 Å². The van der Waals surface area contributed by atoms with Crippen LogP contribution in [0.25, 0.3) is 0 Å². The van der Waals surface area contributed by atoms with Crippen molar-refractivity contribution >= 4 is 11.9 Å². The molecule has 0 spiro atoms. The van der Waals surface area contributed by atoms with E-state index >= 15 is 0 Å². The van der Waals surface area contributed by atoms with E-state index in [1.165, 1.54) is 6.20 Å². The molecule has 0 saturated heterocycles. The van der Waals surface area contributed by atoms with Gasteiger partial charge in [-0.25, -0.2) is 0 Å². The lowest BCUT2D eigenvalue weighted by Gasteiger charge is -2.12. The number of hydrogen-bond donors (Lipinski definition) is 2. The Kier molecular flexibility index (Phi) is 4.68. The van der Waals surface area contributed by atoms with Gasteiger partial charge >= 0.3 is 5.97 Å². The van der Waals surface area contributed by atoms with Crippen molar-refractivity contribution in [3.05, 3.63) is 18.0 Å². The molecule has 17 heavy (non-hydrogen) atoms. The van der Waals surface area contributed by atoms with Crippen molar-refractivity contribution in [3.8, 4) is 0 Å².